The van der Waals surface area contributed by atoms with Gasteiger partial charge in [-0.15, -0.1) is 0 Å². The van der Waals surface area contributed by atoms with E-state index in [4.69, 9.17) is 11.6 Å². The van der Waals surface area contributed by atoms with Crippen LogP contribution in [0.15, 0.2) is 6.20 Å². The number of nitrogens with one attached hydrogen (secondary N) is 1. The third-order valence-corrected chi connectivity index (χ3v) is 4.19. The molecule has 1 aromatic heterocycles. The molecule has 0 atom stereocenters. The van der Waals surface area contributed by atoms with Crippen LogP contribution in [-0.4, -0.2) is 29.6 Å². The predicted octanol–water partition coefficient (Wildman–Crippen LogP) is 3.58. The minimum absolute atomic E-state index is 0.540. The van der Waals surface area contributed by atoms with Crippen LogP contribution in [0, 0.1) is 5.92 Å². The van der Waals surface area contributed by atoms with Crippen molar-refractivity contribution in [3.8, 4) is 0 Å². The van der Waals surface area contributed by atoms with Crippen LogP contribution in [-0.2, 0) is 0 Å². The molecule has 0 saturated heterocycles. The van der Waals surface area contributed by atoms with E-state index in [1.54, 1.807) is 6.20 Å². The normalized spacial score (nSPS) is 23.2. The van der Waals surface area contributed by atoms with E-state index in [1.807, 2.05) is 6.92 Å². The average molecular weight is 283 g/mol. The van der Waals surface area contributed by atoms with Crippen molar-refractivity contribution in [2.45, 2.75) is 45.6 Å². The summed E-state index contributed by atoms with van der Waals surface area (Å²) in [4.78, 5) is 10.9. The summed E-state index contributed by atoms with van der Waals surface area (Å²) in [5.74, 6) is 2.34. The molecule has 1 N–H and O–H groups in total. The molecular weight excluding hydrogens is 260 g/mol. The SMILES string of the molecule is CCNc1ncc(Cl)c(N(C)C2CCC(C)CC2)n1. The Kier molecular flexibility index (Phi) is 4.86. The molecule has 5 heteroatoms. The van der Waals surface area contributed by atoms with E-state index in [0.717, 1.165) is 18.3 Å². The van der Waals surface area contributed by atoms with Gasteiger partial charge in [0.1, 0.15) is 5.02 Å². The predicted molar refractivity (Wildman–Crippen MR) is 81.0 cm³/mol. The van der Waals surface area contributed by atoms with Gasteiger partial charge in [0, 0.05) is 19.6 Å². The van der Waals surface area contributed by atoms with Gasteiger partial charge >= 0.3 is 0 Å². The largest absolute Gasteiger partial charge is 0.355 e. The maximum absolute atomic E-state index is 6.24. The first kappa shape index (κ1) is 14.4. The monoisotopic (exact) mass is 282 g/mol. The first-order chi connectivity index (χ1) is 9.11. The highest BCUT2D eigenvalue weighted by Crippen LogP contribution is 2.31. The fourth-order valence-electron chi connectivity index (χ4n) is 2.65. The van der Waals surface area contributed by atoms with Crippen molar-refractivity contribution >= 4 is 23.4 Å². The van der Waals surface area contributed by atoms with Crippen molar-refractivity contribution in [2.24, 2.45) is 5.92 Å². The number of anilines is 2. The zero-order valence-electron chi connectivity index (χ0n) is 12.0. The van der Waals surface area contributed by atoms with Crippen molar-refractivity contribution in [3.05, 3.63) is 11.2 Å². The number of halogens is 1. The topological polar surface area (TPSA) is 41.1 Å². The van der Waals surface area contributed by atoms with Gasteiger partial charge in [-0.1, -0.05) is 18.5 Å². The molecule has 0 aliphatic heterocycles. The third-order valence-electron chi connectivity index (χ3n) is 3.93. The second-order valence-corrected chi connectivity index (χ2v) is 5.83. The summed E-state index contributed by atoms with van der Waals surface area (Å²) < 4.78 is 0. The van der Waals surface area contributed by atoms with Gasteiger partial charge in [0.15, 0.2) is 5.82 Å². The van der Waals surface area contributed by atoms with Crippen molar-refractivity contribution in [2.75, 3.05) is 23.8 Å². The summed E-state index contributed by atoms with van der Waals surface area (Å²) in [6.07, 6.45) is 6.70. The first-order valence-corrected chi connectivity index (χ1v) is 7.48. The van der Waals surface area contributed by atoms with Crippen LogP contribution in [0.4, 0.5) is 11.8 Å². The Balaban J connectivity index is 2.13. The number of rotatable bonds is 4. The molecule has 0 aromatic carbocycles. The van der Waals surface area contributed by atoms with E-state index in [0.29, 0.717) is 17.0 Å². The molecule has 19 heavy (non-hydrogen) atoms. The molecule has 1 aromatic rings. The second-order valence-electron chi connectivity index (χ2n) is 5.42. The standard InChI is InChI=1S/C14H23ClN4/c1-4-16-14-17-9-12(15)13(18-14)19(3)11-7-5-10(2)6-8-11/h9-11H,4-8H2,1-3H3,(H,16,17,18). The lowest BCUT2D eigenvalue weighted by Gasteiger charge is -2.34. The highest BCUT2D eigenvalue weighted by Gasteiger charge is 2.24. The molecule has 1 aliphatic rings. The molecule has 0 unspecified atom stereocenters. The lowest BCUT2D eigenvalue weighted by Crippen LogP contribution is -2.35. The molecule has 0 radical (unpaired) electrons. The van der Waals surface area contributed by atoms with Gasteiger partial charge in [-0.05, 0) is 38.5 Å². The van der Waals surface area contributed by atoms with Gasteiger partial charge in [-0.2, -0.15) is 4.98 Å². The van der Waals surface area contributed by atoms with Crippen LogP contribution >= 0.6 is 11.6 Å². The minimum atomic E-state index is 0.540. The Morgan fingerprint density at radius 2 is 2.05 bits per heavy atom. The molecule has 1 heterocycles. The molecule has 1 aliphatic carbocycles. The summed E-state index contributed by atoms with van der Waals surface area (Å²) in [7, 11) is 2.09. The van der Waals surface area contributed by atoms with Gasteiger partial charge in [-0.25, -0.2) is 4.98 Å². The molecule has 2 rings (SSSR count). The van der Waals surface area contributed by atoms with Gasteiger partial charge < -0.3 is 10.2 Å². The van der Waals surface area contributed by atoms with E-state index < -0.39 is 0 Å². The molecule has 106 valence electrons. The fourth-order valence-corrected chi connectivity index (χ4v) is 2.88. The van der Waals surface area contributed by atoms with E-state index in [9.17, 15) is 0 Å². The van der Waals surface area contributed by atoms with Gasteiger partial charge in [0.2, 0.25) is 5.95 Å². The highest BCUT2D eigenvalue weighted by molar-refractivity contribution is 6.32. The number of aromatic nitrogens is 2. The highest BCUT2D eigenvalue weighted by atomic mass is 35.5. The van der Waals surface area contributed by atoms with Gasteiger partial charge in [0.05, 0.1) is 6.20 Å². The molecule has 0 amide bonds. The fraction of sp³-hybridized carbons (Fsp3) is 0.714. The van der Waals surface area contributed by atoms with Crippen LogP contribution in [0.25, 0.3) is 0 Å². The number of hydrogen-bond donors (Lipinski definition) is 1. The molecular formula is C14H23ClN4. The van der Waals surface area contributed by atoms with E-state index in [2.05, 4.69) is 34.2 Å². The Hall–Kier alpha value is -1.03. The smallest absolute Gasteiger partial charge is 0.224 e. The van der Waals surface area contributed by atoms with Crippen molar-refractivity contribution in [1.29, 1.82) is 0 Å². The maximum atomic E-state index is 6.24. The Morgan fingerprint density at radius 3 is 2.68 bits per heavy atom. The Labute approximate surface area is 120 Å². The molecule has 0 spiro atoms. The lowest BCUT2D eigenvalue weighted by atomic mass is 9.87. The zero-order chi connectivity index (χ0) is 13.8. The summed E-state index contributed by atoms with van der Waals surface area (Å²) in [6.45, 7) is 5.17. The van der Waals surface area contributed by atoms with E-state index >= 15 is 0 Å². The number of hydrogen-bond acceptors (Lipinski definition) is 4. The van der Waals surface area contributed by atoms with Crippen LogP contribution in [0.1, 0.15) is 39.5 Å². The molecule has 0 bridgehead atoms. The summed E-state index contributed by atoms with van der Waals surface area (Å²) in [5, 5.41) is 3.76. The summed E-state index contributed by atoms with van der Waals surface area (Å²) >= 11 is 6.24. The van der Waals surface area contributed by atoms with Crippen molar-refractivity contribution < 1.29 is 0 Å². The quantitative estimate of drug-likeness (QED) is 0.916. The van der Waals surface area contributed by atoms with Crippen LogP contribution < -0.4 is 10.2 Å². The van der Waals surface area contributed by atoms with Gasteiger partial charge in [-0.3, -0.25) is 0 Å². The summed E-state index contributed by atoms with van der Waals surface area (Å²) in [5.41, 5.74) is 0. The van der Waals surface area contributed by atoms with Crippen LogP contribution in [0.2, 0.25) is 5.02 Å². The first-order valence-electron chi connectivity index (χ1n) is 7.11. The third kappa shape index (κ3) is 3.50. The number of nitrogens with zero attached hydrogens (tertiary/aromatic N) is 3. The lowest BCUT2D eigenvalue weighted by molar-refractivity contribution is 0.340. The molecule has 1 saturated carbocycles. The zero-order valence-corrected chi connectivity index (χ0v) is 12.7. The minimum Gasteiger partial charge on any atom is -0.355 e. The van der Waals surface area contributed by atoms with Crippen LogP contribution in [0.5, 0.6) is 0 Å². The van der Waals surface area contributed by atoms with Crippen LogP contribution in [0.3, 0.4) is 0 Å². The van der Waals surface area contributed by atoms with E-state index in [1.165, 1.54) is 25.7 Å². The second kappa shape index (κ2) is 6.42. The molecule has 4 nitrogen and oxygen atoms in total. The van der Waals surface area contributed by atoms with E-state index in [-0.39, 0.29) is 0 Å². The van der Waals surface area contributed by atoms with Crippen molar-refractivity contribution in [3.63, 3.8) is 0 Å². The Bertz CT molecular complexity index is 416. The maximum Gasteiger partial charge on any atom is 0.224 e. The molecule has 1 fully saturated rings. The van der Waals surface area contributed by atoms with Crippen molar-refractivity contribution in [1.82, 2.24) is 9.97 Å². The summed E-state index contributed by atoms with van der Waals surface area (Å²) in [6, 6.07) is 0.540. The average Bonchev–Trinajstić information content (AvgIpc) is 2.41. The van der Waals surface area contributed by atoms with Gasteiger partial charge in [0.25, 0.3) is 0 Å². The Morgan fingerprint density at radius 1 is 1.37 bits per heavy atom.